The molecule has 4 rings (SSSR count). The zero-order chi connectivity index (χ0) is 18.1. The largest absolute Gasteiger partial charge is 0.324 e. The van der Waals surface area contributed by atoms with E-state index in [1.54, 1.807) is 18.2 Å². The molecule has 1 N–H and O–H groups in total. The lowest BCUT2D eigenvalue weighted by Crippen LogP contribution is -2.02. The number of fused-ring (bicyclic) bond motifs is 3. The molecule has 0 fully saturated rings. The maximum atomic E-state index is 6.12. The Hall–Kier alpha value is -2.70. The third-order valence-electron chi connectivity index (χ3n) is 4.05. The van der Waals surface area contributed by atoms with E-state index in [-0.39, 0.29) is 0 Å². The summed E-state index contributed by atoms with van der Waals surface area (Å²) in [5.41, 5.74) is 6.02. The van der Waals surface area contributed by atoms with Gasteiger partial charge in [0.05, 0.1) is 21.8 Å². The molecule has 6 nitrogen and oxygen atoms in total. The van der Waals surface area contributed by atoms with Crippen molar-refractivity contribution in [2.24, 2.45) is 5.10 Å². The second-order valence-electron chi connectivity index (χ2n) is 5.57. The Bertz CT molecular complexity index is 1120. The molecular formula is C18H14Cl2N6. The molecule has 0 aliphatic rings. The molecule has 26 heavy (non-hydrogen) atoms. The molecule has 4 aromatic rings. The molecule has 0 bridgehead atoms. The summed E-state index contributed by atoms with van der Waals surface area (Å²) in [6, 6.07) is 13.3. The van der Waals surface area contributed by atoms with Crippen molar-refractivity contribution in [3.05, 3.63) is 58.1 Å². The highest BCUT2D eigenvalue weighted by atomic mass is 35.5. The van der Waals surface area contributed by atoms with Crippen molar-refractivity contribution in [1.82, 2.24) is 19.7 Å². The lowest BCUT2D eigenvalue weighted by atomic mass is 10.2. The summed E-state index contributed by atoms with van der Waals surface area (Å²) >= 11 is 12.2. The number of hydrazone groups is 1. The Morgan fingerprint density at radius 2 is 1.85 bits per heavy atom. The van der Waals surface area contributed by atoms with Gasteiger partial charge in [-0.05, 0) is 25.1 Å². The third-order valence-corrected chi connectivity index (χ3v) is 4.71. The fourth-order valence-electron chi connectivity index (χ4n) is 2.86. The zero-order valence-electron chi connectivity index (χ0n) is 13.8. The molecule has 2 heterocycles. The van der Waals surface area contributed by atoms with Crippen LogP contribution in [0.15, 0.2) is 47.6 Å². The number of para-hydroxylation sites is 1. The maximum absolute atomic E-state index is 6.12. The van der Waals surface area contributed by atoms with E-state index in [4.69, 9.17) is 23.2 Å². The molecule has 0 saturated heterocycles. The van der Waals surface area contributed by atoms with Gasteiger partial charge in [0, 0.05) is 17.5 Å². The summed E-state index contributed by atoms with van der Waals surface area (Å²) in [5, 5.41) is 14.6. The normalized spacial score (nSPS) is 11.7. The van der Waals surface area contributed by atoms with Gasteiger partial charge in [0.15, 0.2) is 5.65 Å². The van der Waals surface area contributed by atoms with Crippen LogP contribution in [-0.4, -0.2) is 26.0 Å². The molecule has 8 heteroatoms. The van der Waals surface area contributed by atoms with Gasteiger partial charge in [-0.25, -0.2) is 5.43 Å². The molecule has 0 atom stereocenters. The van der Waals surface area contributed by atoms with E-state index in [1.165, 1.54) is 6.21 Å². The van der Waals surface area contributed by atoms with Gasteiger partial charge in [0.1, 0.15) is 5.52 Å². The van der Waals surface area contributed by atoms with E-state index in [9.17, 15) is 0 Å². The molecule has 2 aromatic heterocycles. The minimum absolute atomic E-state index is 0.300. The van der Waals surface area contributed by atoms with Crippen molar-refractivity contribution in [3.63, 3.8) is 0 Å². The van der Waals surface area contributed by atoms with Gasteiger partial charge >= 0.3 is 0 Å². The molecule has 0 saturated carbocycles. The average molecular weight is 385 g/mol. The summed E-state index contributed by atoms with van der Waals surface area (Å²) < 4.78 is 2.10. The van der Waals surface area contributed by atoms with Crippen LogP contribution in [0.4, 0.5) is 5.95 Å². The molecule has 2 aromatic carbocycles. The van der Waals surface area contributed by atoms with Crippen LogP contribution in [0.2, 0.25) is 10.0 Å². The number of nitrogens with one attached hydrogen (secondary N) is 1. The Kier molecular flexibility index (Phi) is 4.44. The first-order valence-corrected chi connectivity index (χ1v) is 8.79. The minimum Gasteiger partial charge on any atom is -0.324 e. The van der Waals surface area contributed by atoms with Crippen LogP contribution < -0.4 is 5.43 Å². The molecule has 130 valence electrons. The second-order valence-corrected chi connectivity index (χ2v) is 6.39. The smallest absolute Gasteiger partial charge is 0.265 e. The highest BCUT2D eigenvalue weighted by molar-refractivity contribution is 6.38. The average Bonchev–Trinajstić information content (AvgIpc) is 2.97. The highest BCUT2D eigenvalue weighted by Gasteiger charge is 2.13. The van der Waals surface area contributed by atoms with Crippen LogP contribution >= 0.6 is 23.2 Å². The molecule has 0 radical (unpaired) electrons. The van der Waals surface area contributed by atoms with Crippen LogP contribution in [0.25, 0.3) is 22.1 Å². The number of aromatic nitrogens is 4. The number of hydrogen-bond donors (Lipinski definition) is 1. The first-order valence-electron chi connectivity index (χ1n) is 8.03. The summed E-state index contributed by atoms with van der Waals surface area (Å²) in [6.07, 6.45) is 1.54. The van der Waals surface area contributed by atoms with Gasteiger partial charge < -0.3 is 4.57 Å². The van der Waals surface area contributed by atoms with Gasteiger partial charge in [0.25, 0.3) is 5.95 Å². The predicted molar refractivity (Wildman–Crippen MR) is 106 cm³/mol. The summed E-state index contributed by atoms with van der Waals surface area (Å²) in [6.45, 7) is 2.85. The van der Waals surface area contributed by atoms with Crippen molar-refractivity contribution in [2.45, 2.75) is 13.5 Å². The van der Waals surface area contributed by atoms with Crippen molar-refractivity contribution in [3.8, 4) is 0 Å². The lowest BCUT2D eigenvalue weighted by Gasteiger charge is -2.03. The van der Waals surface area contributed by atoms with Gasteiger partial charge in [-0.1, -0.05) is 47.5 Å². The standard InChI is InChI=1S/C18H14Cl2N6/c1-2-26-15-9-4-3-6-11(15)16-17(26)22-18(25-23-16)24-21-10-12-13(19)7-5-8-14(12)20/h3-10H,2H2,1H3,(H,22,24,25)/b21-10-. The number of aryl methyl sites for hydroxylation is 1. The summed E-state index contributed by atoms with van der Waals surface area (Å²) in [7, 11) is 0. The van der Waals surface area contributed by atoms with Crippen LogP contribution in [-0.2, 0) is 6.54 Å². The van der Waals surface area contributed by atoms with Gasteiger partial charge in [-0.15, -0.1) is 10.2 Å². The van der Waals surface area contributed by atoms with Gasteiger partial charge in [0.2, 0.25) is 0 Å². The molecule has 0 aliphatic heterocycles. The minimum atomic E-state index is 0.300. The van der Waals surface area contributed by atoms with E-state index in [0.717, 1.165) is 28.6 Å². The first kappa shape index (κ1) is 16.8. The molecule has 0 unspecified atom stereocenters. The summed E-state index contributed by atoms with van der Waals surface area (Å²) in [4.78, 5) is 4.56. The zero-order valence-corrected chi connectivity index (χ0v) is 15.3. The number of anilines is 1. The number of rotatable bonds is 4. The van der Waals surface area contributed by atoms with E-state index in [1.807, 2.05) is 24.3 Å². The van der Waals surface area contributed by atoms with Crippen molar-refractivity contribution in [1.29, 1.82) is 0 Å². The quantitative estimate of drug-likeness (QED) is 0.407. The number of hydrogen-bond acceptors (Lipinski definition) is 5. The van der Waals surface area contributed by atoms with Crippen LogP contribution in [0.3, 0.4) is 0 Å². The van der Waals surface area contributed by atoms with Gasteiger partial charge in [-0.3, -0.25) is 0 Å². The highest BCUT2D eigenvalue weighted by Crippen LogP contribution is 2.26. The van der Waals surface area contributed by atoms with Crippen molar-refractivity contribution < 1.29 is 0 Å². The number of nitrogens with zero attached hydrogens (tertiary/aromatic N) is 5. The number of halogens is 2. The van der Waals surface area contributed by atoms with Gasteiger partial charge in [-0.2, -0.15) is 10.1 Å². The van der Waals surface area contributed by atoms with E-state index in [0.29, 0.717) is 21.6 Å². The monoisotopic (exact) mass is 384 g/mol. The van der Waals surface area contributed by atoms with Crippen LogP contribution in [0, 0.1) is 0 Å². The summed E-state index contributed by atoms with van der Waals surface area (Å²) in [5.74, 6) is 0.300. The van der Waals surface area contributed by atoms with E-state index in [2.05, 4.69) is 37.2 Å². The first-order chi connectivity index (χ1) is 12.7. The molecular weight excluding hydrogens is 371 g/mol. The molecule has 0 aliphatic carbocycles. The molecule has 0 spiro atoms. The van der Waals surface area contributed by atoms with Crippen molar-refractivity contribution >= 4 is 57.4 Å². The second kappa shape index (κ2) is 6.90. The lowest BCUT2D eigenvalue weighted by molar-refractivity contribution is 0.811. The fourth-order valence-corrected chi connectivity index (χ4v) is 3.35. The Morgan fingerprint density at radius 3 is 2.62 bits per heavy atom. The van der Waals surface area contributed by atoms with Crippen LogP contribution in [0.1, 0.15) is 12.5 Å². The van der Waals surface area contributed by atoms with Crippen molar-refractivity contribution in [2.75, 3.05) is 5.43 Å². The fraction of sp³-hybridized carbons (Fsp3) is 0.111. The number of benzene rings is 2. The van der Waals surface area contributed by atoms with Crippen LogP contribution in [0.5, 0.6) is 0 Å². The van der Waals surface area contributed by atoms with E-state index < -0.39 is 0 Å². The Labute approximate surface area is 159 Å². The van der Waals surface area contributed by atoms with E-state index >= 15 is 0 Å². The Balaban J connectivity index is 1.70. The third kappa shape index (κ3) is 2.87. The Morgan fingerprint density at radius 1 is 1.08 bits per heavy atom. The molecule has 0 amide bonds. The SMILES string of the molecule is CCn1c2ccccc2c2nnc(N/N=C\c3c(Cl)cccc3Cl)nc21. The maximum Gasteiger partial charge on any atom is 0.265 e. The topological polar surface area (TPSA) is 68.0 Å². The predicted octanol–water partition coefficient (Wildman–Crippen LogP) is 4.75.